The molecule has 1 atom stereocenters. The van der Waals surface area contributed by atoms with Gasteiger partial charge in [0.1, 0.15) is 5.15 Å². The number of hydrogen-bond acceptors (Lipinski definition) is 2. The average Bonchev–Trinajstić information content (AvgIpc) is 2.42. The van der Waals surface area contributed by atoms with Crippen LogP contribution in [0.25, 0.3) is 0 Å². The lowest BCUT2D eigenvalue weighted by atomic mass is 9.88. The van der Waals surface area contributed by atoms with E-state index < -0.39 is 0 Å². The van der Waals surface area contributed by atoms with Gasteiger partial charge in [0.15, 0.2) is 5.15 Å². The molecule has 1 heterocycles. The van der Waals surface area contributed by atoms with Crippen molar-refractivity contribution in [1.29, 1.82) is 0 Å². The molecule has 3 rings (SSSR count). The zero-order valence-corrected chi connectivity index (χ0v) is 12.8. The molecule has 1 aromatic carbocycles. The second-order valence-electron chi connectivity index (χ2n) is 5.28. The molecule has 0 saturated heterocycles. The normalized spacial score (nSPS) is 17.6. The topological polar surface area (TPSA) is 24.9 Å². The van der Waals surface area contributed by atoms with Gasteiger partial charge in [-0.15, -0.1) is 0 Å². The minimum atomic E-state index is 0.393. The van der Waals surface area contributed by atoms with Crippen LogP contribution in [0.15, 0.2) is 30.3 Å². The molecule has 104 valence electrons. The third-order valence-electron chi connectivity index (χ3n) is 3.84. The second-order valence-corrected chi connectivity index (χ2v) is 6.03. The minimum Gasteiger partial charge on any atom is -0.379 e. The SMILES string of the molecule is Cc1cc(Cl)nc(Cl)c1NC1CCc2ccccc2C1. The summed E-state index contributed by atoms with van der Waals surface area (Å²) in [7, 11) is 0. The number of hydrogen-bond donors (Lipinski definition) is 1. The van der Waals surface area contributed by atoms with Gasteiger partial charge in [-0.05, 0) is 48.9 Å². The molecule has 0 spiro atoms. The van der Waals surface area contributed by atoms with E-state index in [0.717, 1.165) is 30.5 Å². The molecule has 1 unspecified atom stereocenters. The van der Waals surface area contributed by atoms with Gasteiger partial charge in [-0.25, -0.2) is 4.98 Å². The Labute approximate surface area is 129 Å². The highest BCUT2D eigenvalue weighted by Crippen LogP contribution is 2.30. The Morgan fingerprint density at radius 2 is 1.95 bits per heavy atom. The van der Waals surface area contributed by atoms with Gasteiger partial charge in [0.05, 0.1) is 5.69 Å². The van der Waals surface area contributed by atoms with E-state index in [4.69, 9.17) is 23.2 Å². The van der Waals surface area contributed by atoms with Gasteiger partial charge in [-0.1, -0.05) is 47.5 Å². The molecule has 4 heteroatoms. The van der Waals surface area contributed by atoms with Crippen LogP contribution in [0.1, 0.15) is 23.1 Å². The first-order chi connectivity index (χ1) is 9.63. The van der Waals surface area contributed by atoms with Gasteiger partial charge in [-0.2, -0.15) is 0 Å². The number of benzene rings is 1. The Bertz CT molecular complexity index is 617. The summed E-state index contributed by atoms with van der Waals surface area (Å²) in [6.45, 7) is 2.00. The number of halogens is 2. The van der Waals surface area contributed by atoms with E-state index in [9.17, 15) is 0 Å². The summed E-state index contributed by atoms with van der Waals surface area (Å²) in [5.74, 6) is 0. The fourth-order valence-corrected chi connectivity index (χ4v) is 3.38. The van der Waals surface area contributed by atoms with Gasteiger partial charge >= 0.3 is 0 Å². The summed E-state index contributed by atoms with van der Waals surface area (Å²) >= 11 is 12.1. The fourth-order valence-electron chi connectivity index (χ4n) is 2.79. The number of pyridine rings is 1. The van der Waals surface area contributed by atoms with Crippen molar-refractivity contribution in [3.8, 4) is 0 Å². The molecule has 1 aliphatic carbocycles. The average molecular weight is 307 g/mol. The number of rotatable bonds is 2. The Morgan fingerprint density at radius 3 is 2.70 bits per heavy atom. The van der Waals surface area contributed by atoms with E-state index in [2.05, 4.69) is 34.6 Å². The van der Waals surface area contributed by atoms with Crippen molar-refractivity contribution < 1.29 is 0 Å². The van der Waals surface area contributed by atoms with Crippen LogP contribution in [0.4, 0.5) is 5.69 Å². The maximum absolute atomic E-state index is 6.20. The maximum Gasteiger partial charge on any atom is 0.154 e. The van der Waals surface area contributed by atoms with Crippen molar-refractivity contribution in [2.45, 2.75) is 32.2 Å². The predicted molar refractivity (Wildman–Crippen MR) is 84.9 cm³/mol. The molecule has 1 aliphatic rings. The third-order valence-corrected chi connectivity index (χ3v) is 4.30. The molecule has 20 heavy (non-hydrogen) atoms. The second kappa shape index (κ2) is 5.63. The molecular formula is C16H16Cl2N2. The van der Waals surface area contributed by atoms with Crippen LogP contribution in [0.2, 0.25) is 10.3 Å². The number of aromatic nitrogens is 1. The van der Waals surface area contributed by atoms with Gasteiger partial charge in [0.2, 0.25) is 0 Å². The molecular weight excluding hydrogens is 291 g/mol. The zero-order valence-electron chi connectivity index (χ0n) is 11.3. The minimum absolute atomic E-state index is 0.393. The number of nitrogens with zero attached hydrogens (tertiary/aromatic N) is 1. The summed E-state index contributed by atoms with van der Waals surface area (Å²) in [4.78, 5) is 4.11. The Balaban J connectivity index is 1.80. The molecule has 0 bridgehead atoms. The van der Waals surface area contributed by atoms with Crippen LogP contribution in [0.5, 0.6) is 0 Å². The summed E-state index contributed by atoms with van der Waals surface area (Å²) < 4.78 is 0. The van der Waals surface area contributed by atoms with Gasteiger partial charge in [-0.3, -0.25) is 0 Å². The van der Waals surface area contributed by atoms with E-state index in [1.54, 1.807) is 0 Å². The standard InChI is InChI=1S/C16H16Cl2N2/c1-10-8-14(17)20-16(18)15(10)19-13-7-6-11-4-2-3-5-12(11)9-13/h2-5,8,13,19H,6-7,9H2,1H3. The molecule has 0 amide bonds. The first kappa shape index (κ1) is 13.7. The number of fused-ring (bicyclic) bond motifs is 1. The maximum atomic E-state index is 6.20. The van der Waals surface area contributed by atoms with E-state index >= 15 is 0 Å². The fraction of sp³-hybridized carbons (Fsp3) is 0.312. The van der Waals surface area contributed by atoms with Crippen molar-refractivity contribution >= 4 is 28.9 Å². The third kappa shape index (κ3) is 2.77. The number of nitrogens with one attached hydrogen (secondary N) is 1. The molecule has 2 nitrogen and oxygen atoms in total. The summed E-state index contributed by atoms with van der Waals surface area (Å²) in [5, 5.41) is 4.42. The summed E-state index contributed by atoms with van der Waals surface area (Å²) in [6.07, 6.45) is 3.23. The predicted octanol–water partition coefficient (Wildman–Crippen LogP) is 4.67. The van der Waals surface area contributed by atoms with E-state index in [0.29, 0.717) is 16.3 Å². The Morgan fingerprint density at radius 1 is 1.20 bits per heavy atom. The van der Waals surface area contributed by atoms with Crippen LogP contribution in [0.3, 0.4) is 0 Å². The number of aryl methyl sites for hydroxylation is 2. The summed E-state index contributed by atoms with van der Waals surface area (Å²) in [5.41, 5.74) is 4.82. The monoisotopic (exact) mass is 306 g/mol. The van der Waals surface area contributed by atoms with Crippen molar-refractivity contribution in [2.75, 3.05) is 5.32 Å². The molecule has 0 fully saturated rings. The highest BCUT2D eigenvalue weighted by molar-refractivity contribution is 6.34. The molecule has 1 aromatic heterocycles. The van der Waals surface area contributed by atoms with Crippen molar-refractivity contribution in [3.63, 3.8) is 0 Å². The Hall–Kier alpha value is -1.25. The highest BCUT2D eigenvalue weighted by atomic mass is 35.5. The Kier molecular flexibility index (Phi) is 3.86. The largest absolute Gasteiger partial charge is 0.379 e. The molecule has 0 aliphatic heterocycles. The number of anilines is 1. The van der Waals surface area contributed by atoms with Crippen LogP contribution in [0, 0.1) is 6.92 Å². The lowest BCUT2D eigenvalue weighted by Gasteiger charge is -2.27. The molecule has 0 saturated carbocycles. The summed E-state index contributed by atoms with van der Waals surface area (Å²) in [6, 6.07) is 10.9. The van der Waals surface area contributed by atoms with Crippen molar-refractivity contribution in [3.05, 3.63) is 57.3 Å². The van der Waals surface area contributed by atoms with Crippen molar-refractivity contribution in [1.82, 2.24) is 4.98 Å². The van der Waals surface area contributed by atoms with E-state index in [1.807, 2.05) is 13.0 Å². The first-order valence-corrected chi connectivity index (χ1v) is 7.55. The smallest absolute Gasteiger partial charge is 0.154 e. The molecule has 0 radical (unpaired) electrons. The zero-order chi connectivity index (χ0) is 14.1. The quantitative estimate of drug-likeness (QED) is 0.816. The van der Waals surface area contributed by atoms with Gasteiger partial charge < -0.3 is 5.32 Å². The van der Waals surface area contributed by atoms with Crippen LogP contribution < -0.4 is 5.32 Å². The first-order valence-electron chi connectivity index (χ1n) is 6.79. The molecule has 1 N–H and O–H groups in total. The lowest BCUT2D eigenvalue weighted by Crippen LogP contribution is -2.27. The lowest BCUT2D eigenvalue weighted by molar-refractivity contribution is 0.610. The van der Waals surface area contributed by atoms with Crippen LogP contribution in [-0.2, 0) is 12.8 Å². The van der Waals surface area contributed by atoms with Crippen molar-refractivity contribution in [2.24, 2.45) is 0 Å². The molecule has 2 aromatic rings. The highest BCUT2D eigenvalue weighted by Gasteiger charge is 2.20. The van der Waals surface area contributed by atoms with E-state index in [1.165, 1.54) is 11.1 Å². The van der Waals surface area contributed by atoms with E-state index in [-0.39, 0.29) is 0 Å². The van der Waals surface area contributed by atoms with Gasteiger partial charge in [0.25, 0.3) is 0 Å². The van der Waals surface area contributed by atoms with Crippen LogP contribution in [-0.4, -0.2) is 11.0 Å². The van der Waals surface area contributed by atoms with Gasteiger partial charge in [0, 0.05) is 6.04 Å². The van der Waals surface area contributed by atoms with Crippen LogP contribution >= 0.6 is 23.2 Å².